The molecule has 0 saturated carbocycles. The molecule has 0 bridgehead atoms. The molecular formula is C9H11BBrN. The van der Waals surface area contributed by atoms with Crippen molar-refractivity contribution in [3.8, 4) is 0 Å². The van der Waals surface area contributed by atoms with Crippen LogP contribution in [0.5, 0.6) is 0 Å². The number of hydrogen-bond acceptors (Lipinski definition) is 1. The molecule has 12 heavy (non-hydrogen) atoms. The molecule has 3 heteroatoms. The summed E-state index contributed by atoms with van der Waals surface area (Å²) >= 11 is 3.49. The minimum atomic E-state index is 0.567. The van der Waals surface area contributed by atoms with Gasteiger partial charge in [-0.2, -0.15) is 0 Å². The second-order valence-electron chi connectivity index (χ2n) is 3.22. The van der Waals surface area contributed by atoms with Crippen LogP contribution < -0.4 is 5.23 Å². The third-order valence-electron chi connectivity index (χ3n) is 2.53. The highest BCUT2D eigenvalue weighted by Crippen LogP contribution is 2.32. The average molecular weight is 224 g/mol. The summed E-state index contributed by atoms with van der Waals surface area (Å²) in [7, 11) is 2.03. The molecule has 0 spiro atoms. The van der Waals surface area contributed by atoms with E-state index < -0.39 is 0 Å². The van der Waals surface area contributed by atoms with E-state index in [1.807, 2.05) is 7.98 Å². The van der Waals surface area contributed by atoms with E-state index in [9.17, 15) is 0 Å². The van der Waals surface area contributed by atoms with Gasteiger partial charge < -0.3 is 5.23 Å². The molecule has 2 rings (SSSR count). The maximum absolute atomic E-state index is 3.49. The van der Waals surface area contributed by atoms with Crippen LogP contribution in [0.25, 0.3) is 0 Å². The molecule has 0 amide bonds. The van der Waals surface area contributed by atoms with Crippen LogP contribution in [0.15, 0.2) is 22.7 Å². The highest BCUT2D eigenvalue weighted by Gasteiger charge is 2.19. The van der Waals surface area contributed by atoms with Crippen molar-refractivity contribution < 1.29 is 0 Å². The fourth-order valence-electron chi connectivity index (χ4n) is 1.87. The molecule has 1 aromatic rings. The normalized spacial score (nSPS) is 20.9. The number of fused-ring (bicyclic) bond motifs is 1. The Morgan fingerprint density at radius 2 is 2.33 bits per heavy atom. The van der Waals surface area contributed by atoms with Crippen molar-refractivity contribution in [2.24, 2.45) is 0 Å². The summed E-state index contributed by atoms with van der Waals surface area (Å²) in [5, 5.41) is 3.33. The molecule has 0 aliphatic heterocycles. The van der Waals surface area contributed by atoms with E-state index in [0.717, 1.165) is 0 Å². The fraction of sp³-hybridized carbons (Fsp3) is 0.333. The zero-order valence-corrected chi connectivity index (χ0v) is 8.69. The second kappa shape index (κ2) is 3.23. The summed E-state index contributed by atoms with van der Waals surface area (Å²) in [5.41, 5.74) is 2.96. The predicted octanol–water partition coefficient (Wildman–Crippen LogP) is 1.57. The molecule has 1 atom stereocenters. The van der Waals surface area contributed by atoms with Crippen LogP contribution in [0.4, 0.5) is 0 Å². The Kier molecular flexibility index (Phi) is 2.24. The first kappa shape index (κ1) is 8.33. The maximum atomic E-state index is 3.49. The largest absolute Gasteiger partial charge is 0.356 e. The van der Waals surface area contributed by atoms with Crippen molar-refractivity contribution in [2.75, 3.05) is 0 Å². The molecule has 1 nitrogen and oxygen atoms in total. The summed E-state index contributed by atoms with van der Waals surface area (Å²) in [6, 6.07) is 7.13. The summed E-state index contributed by atoms with van der Waals surface area (Å²) in [4.78, 5) is 0. The summed E-state index contributed by atoms with van der Waals surface area (Å²) in [5.74, 6) is 0. The minimum Gasteiger partial charge on any atom is -0.356 e. The van der Waals surface area contributed by atoms with Crippen molar-refractivity contribution in [1.82, 2.24) is 5.23 Å². The van der Waals surface area contributed by atoms with Crippen molar-refractivity contribution in [2.45, 2.75) is 18.9 Å². The number of benzene rings is 1. The number of aryl methyl sites for hydroxylation is 1. The van der Waals surface area contributed by atoms with Crippen LogP contribution in [-0.2, 0) is 6.42 Å². The molecule has 0 aromatic heterocycles. The standard InChI is InChI=1S/C9H11BBrN/c10-12-9-4-2-6-1-3-7(11)5-8(6)9/h1,3,5,9,12H,2,4,10H2/t9-/m1/s1. The Hall–Kier alpha value is -0.275. The van der Waals surface area contributed by atoms with Gasteiger partial charge >= 0.3 is 0 Å². The smallest absolute Gasteiger partial charge is 0.182 e. The van der Waals surface area contributed by atoms with Gasteiger partial charge in [0.15, 0.2) is 7.98 Å². The Balaban J connectivity index is 2.42. The van der Waals surface area contributed by atoms with Crippen molar-refractivity contribution in [1.29, 1.82) is 0 Å². The van der Waals surface area contributed by atoms with Crippen molar-refractivity contribution in [3.63, 3.8) is 0 Å². The molecule has 0 heterocycles. The van der Waals surface area contributed by atoms with Gasteiger partial charge in [0.05, 0.1) is 0 Å². The third-order valence-corrected chi connectivity index (χ3v) is 3.03. The van der Waals surface area contributed by atoms with Gasteiger partial charge in [-0.15, -0.1) is 0 Å². The third kappa shape index (κ3) is 1.32. The lowest BCUT2D eigenvalue weighted by molar-refractivity contribution is 0.659. The Morgan fingerprint density at radius 3 is 3.08 bits per heavy atom. The zero-order chi connectivity index (χ0) is 8.55. The van der Waals surface area contributed by atoms with Gasteiger partial charge in [0.2, 0.25) is 0 Å². The molecule has 0 fully saturated rings. The number of nitrogens with one attached hydrogen (secondary N) is 1. The maximum Gasteiger partial charge on any atom is 0.182 e. The lowest BCUT2D eigenvalue weighted by Gasteiger charge is -2.09. The fourth-order valence-corrected chi connectivity index (χ4v) is 2.25. The number of hydrogen-bond donors (Lipinski definition) is 1. The summed E-state index contributed by atoms with van der Waals surface area (Å²) in [6.07, 6.45) is 2.45. The monoisotopic (exact) mass is 223 g/mol. The van der Waals surface area contributed by atoms with Crippen LogP contribution in [0, 0.1) is 0 Å². The first-order valence-corrected chi connectivity index (χ1v) is 5.06. The van der Waals surface area contributed by atoms with Gasteiger partial charge in [-0.25, -0.2) is 0 Å². The molecule has 1 N–H and O–H groups in total. The molecule has 0 saturated heterocycles. The summed E-state index contributed by atoms with van der Waals surface area (Å²) < 4.78 is 1.18. The van der Waals surface area contributed by atoms with Crippen LogP contribution >= 0.6 is 15.9 Å². The Labute approximate surface area is 82.1 Å². The number of halogens is 1. The topological polar surface area (TPSA) is 12.0 Å². The van der Waals surface area contributed by atoms with E-state index in [4.69, 9.17) is 0 Å². The van der Waals surface area contributed by atoms with Crippen molar-refractivity contribution in [3.05, 3.63) is 33.8 Å². The molecule has 62 valence electrons. The van der Waals surface area contributed by atoms with Gasteiger partial charge in [-0.05, 0) is 36.1 Å². The average Bonchev–Trinajstić information content (AvgIpc) is 2.46. The Morgan fingerprint density at radius 1 is 1.50 bits per heavy atom. The lowest BCUT2D eigenvalue weighted by atomic mass is 10.1. The van der Waals surface area contributed by atoms with Gasteiger partial charge in [-0.1, -0.05) is 22.0 Å². The van der Waals surface area contributed by atoms with Gasteiger partial charge in [0, 0.05) is 10.5 Å². The van der Waals surface area contributed by atoms with E-state index in [1.165, 1.54) is 28.4 Å². The van der Waals surface area contributed by atoms with Gasteiger partial charge in [0.25, 0.3) is 0 Å². The van der Waals surface area contributed by atoms with E-state index in [2.05, 4.69) is 39.4 Å². The highest BCUT2D eigenvalue weighted by atomic mass is 79.9. The Bertz CT molecular complexity index is 301. The van der Waals surface area contributed by atoms with E-state index >= 15 is 0 Å². The quantitative estimate of drug-likeness (QED) is 0.714. The van der Waals surface area contributed by atoms with E-state index in [-0.39, 0.29) is 0 Å². The minimum absolute atomic E-state index is 0.567. The zero-order valence-electron chi connectivity index (χ0n) is 7.10. The second-order valence-corrected chi connectivity index (χ2v) is 4.14. The number of rotatable bonds is 1. The van der Waals surface area contributed by atoms with Crippen LogP contribution in [0.3, 0.4) is 0 Å². The molecule has 1 aromatic carbocycles. The van der Waals surface area contributed by atoms with Crippen LogP contribution in [-0.4, -0.2) is 7.98 Å². The van der Waals surface area contributed by atoms with Gasteiger partial charge in [-0.3, -0.25) is 0 Å². The predicted molar refractivity (Wildman–Crippen MR) is 56.9 cm³/mol. The molecular weight excluding hydrogens is 213 g/mol. The van der Waals surface area contributed by atoms with Crippen LogP contribution in [0.2, 0.25) is 0 Å². The molecule has 1 aliphatic rings. The van der Waals surface area contributed by atoms with Crippen molar-refractivity contribution >= 4 is 23.9 Å². The van der Waals surface area contributed by atoms with Crippen LogP contribution in [0.1, 0.15) is 23.6 Å². The van der Waals surface area contributed by atoms with E-state index in [0.29, 0.717) is 6.04 Å². The SMILES string of the molecule is BN[C@@H]1CCc2ccc(Br)cc21. The molecule has 0 unspecified atom stereocenters. The first-order valence-electron chi connectivity index (χ1n) is 4.27. The lowest BCUT2D eigenvalue weighted by Crippen LogP contribution is -2.14. The van der Waals surface area contributed by atoms with E-state index in [1.54, 1.807) is 0 Å². The summed E-state index contributed by atoms with van der Waals surface area (Å²) in [6.45, 7) is 0. The molecule has 1 aliphatic carbocycles. The first-order chi connectivity index (χ1) is 5.81. The van der Waals surface area contributed by atoms with Gasteiger partial charge in [0.1, 0.15) is 0 Å². The molecule has 0 radical (unpaired) electrons. The highest BCUT2D eigenvalue weighted by molar-refractivity contribution is 9.10.